The van der Waals surface area contributed by atoms with Gasteiger partial charge >= 0.3 is 5.91 Å². The smallest absolute Gasteiger partial charge is 0.307 e. The lowest BCUT2D eigenvalue weighted by Crippen LogP contribution is -2.16. The summed E-state index contributed by atoms with van der Waals surface area (Å²) in [5.74, 6) is 0.642. The molecule has 0 saturated carbocycles. The molecule has 10 heteroatoms. The minimum atomic E-state index is -0.536. The summed E-state index contributed by atoms with van der Waals surface area (Å²) < 4.78 is 17.1. The first kappa shape index (κ1) is 23.5. The Kier molecular flexibility index (Phi) is 6.45. The molecule has 0 spiro atoms. The van der Waals surface area contributed by atoms with Gasteiger partial charge in [-0.3, -0.25) is 14.9 Å². The zero-order chi connectivity index (χ0) is 25.8. The van der Waals surface area contributed by atoms with Crippen molar-refractivity contribution in [3.63, 3.8) is 0 Å². The summed E-state index contributed by atoms with van der Waals surface area (Å²) in [6.07, 6.45) is 2.58. The van der Waals surface area contributed by atoms with Crippen molar-refractivity contribution < 1.29 is 23.6 Å². The fraction of sp³-hybridized carbons (Fsp3) is 0.0741. The third-order valence-electron chi connectivity index (χ3n) is 5.44. The van der Waals surface area contributed by atoms with E-state index in [0.29, 0.717) is 29.3 Å². The van der Waals surface area contributed by atoms with Crippen molar-refractivity contribution in [2.45, 2.75) is 6.92 Å². The highest BCUT2D eigenvalue weighted by atomic mass is 16.6. The van der Waals surface area contributed by atoms with Crippen LogP contribution in [0, 0.1) is 10.1 Å². The second kappa shape index (κ2) is 10.2. The molecule has 0 aliphatic heterocycles. The van der Waals surface area contributed by atoms with Crippen molar-refractivity contribution >= 4 is 39.6 Å². The van der Waals surface area contributed by atoms with Crippen LogP contribution in [0.3, 0.4) is 0 Å². The average Bonchev–Trinajstić information content (AvgIpc) is 3.36. The number of nitrogens with one attached hydrogen (secondary N) is 1. The highest BCUT2D eigenvalue weighted by Gasteiger charge is 2.14. The van der Waals surface area contributed by atoms with Crippen LogP contribution in [0.4, 0.5) is 5.69 Å². The predicted molar refractivity (Wildman–Crippen MR) is 137 cm³/mol. The molecule has 0 bridgehead atoms. The van der Waals surface area contributed by atoms with Gasteiger partial charge in [-0.05, 0) is 53.6 Å². The fourth-order valence-electron chi connectivity index (χ4n) is 3.74. The van der Waals surface area contributed by atoms with Gasteiger partial charge in [0.25, 0.3) is 5.69 Å². The van der Waals surface area contributed by atoms with Gasteiger partial charge in [-0.2, -0.15) is 5.10 Å². The highest BCUT2D eigenvalue weighted by molar-refractivity contribution is 6.08. The second-order valence-electron chi connectivity index (χ2n) is 7.86. The number of hydrogen-bond acceptors (Lipinski definition) is 8. The van der Waals surface area contributed by atoms with Crippen LogP contribution in [-0.2, 0) is 0 Å². The van der Waals surface area contributed by atoms with Crippen LogP contribution in [-0.4, -0.2) is 28.6 Å². The van der Waals surface area contributed by atoms with Crippen LogP contribution in [0.25, 0.3) is 21.7 Å². The first-order chi connectivity index (χ1) is 18.0. The molecule has 0 aliphatic rings. The summed E-state index contributed by atoms with van der Waals surface area (Å²) in [6.45, 7) is 2.20. The molecular weight excluding hydrogens is 476 g/mol. The lowest BCUT2D eigenvalue weighted by Gasteiger charge is -2.11. The lowest BCUT2D eigenvalue weighted by molar-refractivity contribution is -0.385. The van der Waals surface area contributed by atoms with Gasteiger partial charge in [-0.15, -0.1) is 0 Å². The lowest BCUT2D eigenvalue weighted by atomic mass is 10.1. The molecule has 0 aliphatic carbocycles. The summed E-state index contributed by atoms with van der Waals surface area (Å²) in [7, 11) is 0. The summed E-state index contributed by atoms with van der Waals surface area (Å²) in [4.78, 5) is 26.8. The van der Waals surface area contributed by atoms with E-state index in [1.54, 1.807) is 24.3 Å². The molecular formula is C27H20N4O6. The van der Waals surface area contributed by atoms with E-state index in [0.717, 1.165) is 22.4 Å². The molecule has 5 aromatic rings. The van der Waals surface area contributed by atoms with E-state index >= 15 is 0 Å². The molecule has 0 fully saturated rings. The van der Waals surface area contributed by atoms with E-state index in [2.05, 4.69) is 15.5 Å². The SMILES string of the molecule is CCOc1cc(/C=N/NC(=O)c2cc3c(ccc4ccccc43)o2)ccc1Oc1ccc([N+](=O)[O-])cn1. The van der Waals surface area contributed by atoms with Crippen LogP contribution < -0.4 is 14.9 Å². The number of fused-ring (bicyclic) bond motifs is 3. The number of hydrogen-bond donors (Lipinski definition) is 1. The monoisotopic (exact) mass is 496 g/mol. The van der Waals surface area contributed by atoms with Crippen molar-refractivity contribution in [1.29, 1.82) is 0 Å². The quantitative estimate of drug-likeness (QED) is 0.162. The van der Waals surface area contributed by atoms with Gasteiger partial charge in [0.05, 0.1) is 17.7 Å². The average molecular weight is 496 g/mol. The maximum atomic E-state index is 12.6. The van der Waals surface area contributed by atoms with Crippen molar-refractivity contribution in [3.05, 3.63) is 100 Å². The number of nitrogens with zero attached hydrogens (tertiary/aromatic N) is 3. The zero-order valence-corrected chi connectivity index (χ0v) is 19.6. The van der Waals surface area contributed by atoms with Crippen LogP contribution in [0.1, 0.15) is 23.0 Å². The Morgan fingerprint density at radius 3 is 2.73 bits per heavy atom. The number of carbonyl (C=O) groups excluding carboxylic acids is 1. The van der Waals surface area contributed by atoms with Gasteiger partial charge in [0, 0.05) is 17.5 Å². The van der Waals surface area contributed by atoms with Gasteiger partial charge in [0.15, 0.2) is 17.3 Å². The number of amides is 1. The van der Waals surface area contributed by atoms with Gasteiger partial charge in [-0.25, -0.2) is 10.4 Å². The normalized spacial score (nSPS) is 11.2. The minimum Gasteiger partial charge on any atom is -0.490 e. The van der Waals surface area contributed by atoms with E-state index in [1.165, 1.54) is 18.3 Å². The molecule has 5 rings (SSSR count). The van der Waals surface area contributed by atoms with E-state index in [9.17, 15) is 14.9 Å². The number of aromatic nitrogens is 1. The number of carbonyl (C=O) groups is 1. The molecule has 1 N–H and O–H groups in total. The number of ether oxygens (including phenoxy) is 2. The largest absolute Gasteiger partial charge is 0.490 e. The molecule has 184 valence electrons. The van der Waals surface area contributed by atoms with Gasteiger partial charge < -0.3 is 13.9 Å². The molecule has 0 atom stereocenters. The summed E-state index contributed by atoms with van der Waals surface area (Å²) in [5, 5.41) is 17.8. The van der Waals surface area contributed by atoms with Crippen molar-refractivity contribution in [1.82, 2.24) is 10.4 Å². The van der Waals surface area contributed by atoms with E-state index in [1.807, 2.05) is 43.3 Å². The number of rotatable bonds is 8. The Bertz CT molecular complexity index is 1640. The molecule has 0 radical (unpaired) electrons. The van der Waals surface area contributed by atoms with Crippen LogP contribution in [0.2, 0.25) is 0 Å². The number of hydrazone groups is 1. The highest BCUT2D eigenvalue weighted by Crippen LogP contribution is 2.32. The van der Waals surface area contributed by atoms with Crippen LogP contribution in [0.5, 0.6) is 17.4 Å². The first-order valence-corrected chi connectivity index (χ1v) is 11.3. The predicted octanol–water partition coefficient (Wildman–Crippen LogP) is 5.84. The summed E-state index contributed by atoms with van der Waals surface area (Å²) in [5.41, 5.74) is 3.60. The Morgan fingerprint density at radius 1 is 1.08 bits per heavy atom. The van der Waals surface area contributed by atoms with Gasteiger partial charge in [0.2, 0.25) is 5.88 Å². The summed E-state index contributed by atoms with van der Waals surface area (Å²) >= 11 is 0. The standard InChI is InChI=1S/C27H20N4O6/c1-2-35-24-13-17(7-10-23(24)37-26-12-9-19(16-28-26)31(33)34)15-29-30-27(32)25-14-21-20-6-4-3-5-18(20)8-11-22(21)36-25/h3-16H,2H2,1H3,(H,30,32)/b29-15+. The van der Waals surface area contributed by atoms with Crippen LogP contribution >= 0.6 is 0 Å². The molecule has 10 nitrogen and oxygen atoms in total. The molecule has 3 aromatic carbocycles. The number of benzene rings is 3. The Hall–Kier alpha value is -5.25. The fourth-order valence-corrected chi connectivity index (χ4v) is 3.74. The van der Waals surface area contributed by atoms with E-state index in [4.69, 9.17) is 13.9 Å². The van der Waals surface area contributed by atoms with Crippen LogP contribution in [0.15, 0.2) is 88.5 Å². The van der Waals surface area contributed by atoms with Crippen molar-refractivity contribution in [2.24, 2.45) is 5.10 Å². The molecule has 2 heterocycles. The molecule has 2 aromatic heterocycles. The third kappa shape index (κ3) is 5.08. The number of pyridine rings is 1. The topological polar surface area (TPSA) is 129 Å². The second-order valence-corrected chi connectivity index (χ2v) is 7.86. The molecule has 1 amide bonds. The maximum Gasteiger partial charge on any atom is 0.307 e. The van der Waals surface area contributed by atoms with Gasteiger partial charge in [0.1, 0.15) is 11.8 Å². The molecule has 0 saturated heterocycles. The Morgan fingerprint density at radius 2 is 1.95 bits per heavy atom. The van der Waals surface area contributed by atoms with Gasteiger partial charge in [-0.1, -0.05) is 30.3 Å². The van der Waals surface area contributed by atoms with Crippen molar-refractivity contribution in [3.8, 4) is 17.4 Å². The Balaban J connectivity index is 1.30. The third-order valence-corrected chi connectivity index (χ3v) is 5.44. The van der Waals surface area contributed by atoms with Crippen molar-refractivity contribution in [2.75, 3.05) is 6.61 Å². The number of nitro groups is 1. The number of furan rings is 1. The molecule has 37 heavy (non-hydrogen) atoms. The molecule has 0 unspecified atom stereocenters. The first-order valence-electron chi connectivity index (χ1n) is 11.3. The minimum absolute atomic E-state index is 0.137. The Labute approximate surface area is 210 Å². The maximum absolute atomic E-state index is 12.6. The van der Waals surface area contributed by atoms with E-state index < -0.39 is 10.8 Å². The zero-order valence-electron chi connectivity index (χ0n) is 19.6. The summed E-state index contributed by atoms with van der Waals surface area (Å²) in [6, 6.07) is 21.1. The van der Waals surface area contributed by atoms with E-state index in [-0.39, 0.29) is 17.3 Å².